The van der Waals surface area contributed by atoms with E-state index in [-0.39, 0.29) is 17.4 Å². The van der Waals surface area contributed by atoms with E-state index in [1.54, 1.807) is 6.92 Å². The first kappa shape index (κ1) is 15.5. The van der Waals surface area contributed by atoms with Crippen LogP contribution in [0.25, 0.3) is 11.3 Å². The SMILES string of the molecule is CCNC(C)c1ncc(-c2cccc(C(F)(F)F)c2F)o1. The maximum atomic E-state index is 14.0. The van der Waals surface area contributed by atoms with Crippen LogP contribution in [0.5, 0.6) is 0 Å². The van der Waals surface area contributed by atoms with Gasteiger partial charge in [-0.3, -0.25) is 0 Å². The van der Waals surface area contributed by atoms with Gasteiger partial charge in [0, 0.05) is 0 Å². The van der Waals surface area contributed by atoms with Crippen molar-refractivity contribution in [1.29, 1.82) is 0 Å². The lowest BCUT2D eigenvalue weighted by atomic mass is 10.1. The summed E-state index contributed by atoms with van der Waals surface area (Å²) in [5.74, 6) is -1.09. The van der Waals surface area contributed by atoms with E-state index in [4.69, 9.17) is 4.42 Å². The first-order valence-corrected chi connectivity index (χ1v) is 6.39. The molecule has 1 aromatic carbocycles. The quantitative estimate of drug-likeness (QED) is 0.861. The van der Waals surface area contributed by atoms with Gasteiger partial charge in [-0.15, -0.1) is 0 Å². The predicted molar refractivity (Wildman–Crippen MR) is 69.0 cm³/mol. The Kier molecular flexibility index (Phi) is 4.32. The molecule has 0 fully saturated rings. The van der Waals surface area contributed by atoms with Crippen LogP contribution in [0, 0.1) is 5.82 Å². The number of nitrogens with zero attached hydrogens (tertiary/aromatic N) is 1. The predicted octanol–water partition coefficient (Wildman–Crippen LogP) is 4.17. The molecule has 2 aromatic rings. The number of hydrogen-bond donors (Lipinski definition) is 1. The molecular formula is C14H14F4N2O. The van der Waals surface area contributed by atoms with Crippen LogP contribution in [0.2, 0.25) is 0 Å². The molecule has 21 heavy (non-hydrogen) atoms. The summed E-state index contributed by atoms with van der Waals surface area (Å²) in [5, 5.41) is 3.05. The minimum absolute atomic E-state index is 0.0293. The molecule has 1 N–H and O–H groups in total. The standard InChI is InChI=1S/C14H14F4N2O/c1-3-19-8(2)13-20-7-11(21-13)9-5-4-6-10(12(9)15)14(16,17)18/h4-8,19H,3H2,1-2H3. The number of nitrogens with one attached hydrogen (secondary N) is 1. The number of hydrogen-bond acceptors (Lipinski definition) is 3. The van der Waals surface area contributed by atoms with Crippen molar-refractivity contribution in [2.24, 2.45) is 0 Å². The summed E-state index contributed by atoms with van der Waals surface area (Å²) in [4.78, 5) is 3.97. The zero-order chi connectivity index (χ0) is 15.6. The average Bonchev–Trinajstić information content (AvgIpc) is 2.87. The molecule has 0 aliphatic carbocycles. The fourth-order valence-corrected chi connectivity index (χ4v) is 1.95. The minimum atomic E-state index is -4.75. The summed E-state index contributed by atoms with van der Waals surface area (Å²) in [6, 6.07) is 2.85. The Morgan fingerprint density at radius 2 is 2.05 bits per heavy atom. The van der Waals surface area contributed by atoms with E-state index >= 15 is 0 Å². The molecule has 1 unspecified atom stereocenters. The molecule has 0 aliphatic heterocycles. The summed E-state index contributed by atoms with van der Waals surface area (Å²) < 4.78 is 57.4. The van der Waals surface area contributed by atoms with Gasteiger partial charge >= 0.3 is 6.18 Å². The van der Waals surface area contributed by atoms with E-state index < -0.39 is 17.6 Å². The van der Waals surface area contributed by atoms with Gasteiger partial charge in [0.25, 0.3) is 0 Å². The van der Waals surface area contributed by atoms with Crippen molar-refractivity contribution in [2.45, 2.75) is 26.1 Å². The highest BCUT2D eigenvalue weighted by atomic mass is 19.4. The third kappa shape index (κ3) is 3.24. The van der Waals surface area contributed by atoms with Crippen LogP contribution in [-0.2, 0) is 6.18 Å². The smallest absolute Gasteiger partial charge is 0.419 e. The molecule has 0 amide bonds. The van der Waals surface area contributed by atoms with E-state index in [0.717, 1.165) is 6.07 Å². The van der Waals surface area contributed by atoms with Crippen molar-refractivity contribution in [1.82, 2.24) is 10.3 Å². The van der Waals surface area contributed by atoms with Crippen LogP contribution in [-0.4, -0.2) is 11.5 Å². The summed E-state index contributed by atoms with van der Waals surface area (Å²) >= 11 is 0. The highest BCUT2D eigenvalue weighted by Crippen LogP contribution is 2.35. The van der Waals surface area contributed by atoms with Crippen molar-refractivity contribution < 1.29 is 22.0 Å². The second kappa shape index (κ2) is 5.85. The van der Waals surface area contributed by atoms with E-state index in [1.165, 1.54) is 12.3 Å². The lowest BCUT2D eigenvalue weighted by Gasteiger charge is -2.10. The number of aromatic nitrogens is 1. The van der Waals surface area contributed by atoms with Crippen molar-refractivity contribution in [3.63, 3.8) is 0 Å². The van der Waals surface area contributed by atoms with Gasteiger partial charge in [0.15, 0.2) is 5.76 Å². The Morgan fingerprint density at radius 3 is 2.67 bits per heavy atom. The number of oxazole rings is 1. The van der Waals surface area contributed by atoms with E-state index in [0.29, 0.717) is 18.5 Å². The molecule has 0 aliphatic rings. The zero-order valence-corrected chi connectivity index (χ0v) is 11.5. The van der Waals surface area contributed by atoms with Crippen molar-refractivity contribution in [3.8, 4) is 11.3 Å². The van der Waals surface area contributed by atoms with Gasteiger partial charge in [-0.05, 0) is 25.6 Å². The molecule has 0 saturated heterocycles. The van der Waals surface area contributed by atoms with Gasteiger partial charge in [-0.1, -0.05) is 13.0 Å². The van der Waals surface area contributed by atoms with E-state index in [2.05, 4.69) is 10.3 Å². The molecule has 1 atom stereocenters. The second-order valence-corrected chi connectivity index (χ2v) is 4.51. The van der Waals surface area contributed by atoms with E-state index in [1.807, 2.05) is 6.92 Å². The summed E-state index contributed by atoms with van der Waals surface area (Å²) in [6.07, 6.45) is -3.53. The fraction of sp³-hybridized carbons (Fsp3) is 0.357. The highest BCUT2D eigenvalue weighted by Gasteiger charge is 2.35. The summed E-state index contributed by atoms with van der Waals surface area (Å²) in [5.41, 5.74) is -1.58. The third-order valence-corrected chi connectivity index (χ3v) is 2.97. The maximum absolute atomic E-state index is 14.0. The van der Waals surface area contributed by atoms with Gasteiger partial charge in [-0.25, -0.2) is 9.37 Å². The van der Waals surface area contributed by atoms with E-state index in [9.17, 15) is 17.6 Å². The normalized spacial score (nSPS) is 13.4. The first-order chi connectivity index (χ1) is 9.84. The van der Waals surface area contributed by atoms with Gasteiger partial charge in [-0.2, -0.15) is 13.2 Å². The monoisotopic (exact) mass is 302 g/mol. The first-order valence-electron chi connectivity index (χ1n) is 6.39. The van der Waals surface area contributed by atoms with Crippen LogP contribution in [0.1, 0.15) is 31.3 Å². The zero-order valence-electron chi connectivity index (χ0n) is 11.5. The molecule has 0 bridgehead atoms. The summed E-state index contributed by atoms with van der Waals surface area (Å²) in [7, 11) is 0. The highest BCUT2D eigenvalue weighted by molar-refractivity contribution is 5.59. The lowest BCUT2D eigenvalue weighted by molar-refractivity contribution is -0.139. The van der Waals surface area contributed by atoms with Crippen LogP contribution < -0.4 is 5.32 Å². The fourth-order valence-electron chi connectivity index (χ4n) is 1.95. The Labute approximate surface area is 119 Å². The summed E-state index contributed by atoms with van der Waals surface area (Å²) in [6.45, 7) is 4.37. The van der Waals surface area contributed by atoms with Crippen molar-refractivity contribution in [3.05, 3.63) is 41.7 Å². The topological polar surface area (TPSA) is 38.1 Å². The van der Waals surface area contributed by atoms with Gasteiger partial charge < -0.3 is 9.73 Å². The molecule has 114 valence electrons. The molecule has 3 nitrogen and oxygen atoms in total. The Morgan fingerprint density at radius 1 is 1.33 bits per heavy atom. The van der Waals surface area contributed by atoms with Crippen LogP contribution in [0.15, 0.2) is 28.8 Å². The Bertz CT molecular complexity index is 622. The molecule has 7 heteroatoms. The minimum Gasteiger partial charge on any atom is -0.439 e. The van der Waals surface area contributed by atoms with Gasteiger partial charge in [0.2, 0.25) is 5.89 Å². The molecule has 2 rings (SSSR count). The number of alkyl halides is 3. The van der Waals surface area contributed by atoms with Crippen LogP contribution in [0.4, 0.5) is 17.6 Å². The van der Waals surface area contributed by atoms with Crippen molar-refractivity contribution >= 4 is 0 Å². The number of rotatable bonds is 4. The molecule has 0 spiro atoms. The lowest BCUT2D eigenvalue weighted by Crippen LogP contribution is -2.17. The Balaban J connectivity index is 2.39. The largest absolute Gasteiger partial charge is 0.439 e. The van der Waals surface area contributed by atoms with Crippen LogP contribution >= 0.6 is 0 Å². The van der Waals surface area contributed by atoms with Gasteiger partial charge in [0.05, 0.1) is 23.4 Å². The third-order valence-electron chi connectivity index (χ3n) is 2.97. The van der Waals surface area contributed by atoms with Crippen LogP contribution in [0.3, 0.4) is 0 Å². The van der Waals surface area contributed by atoms with Crippen molar-refractivity contribution in [2.75, 3.05) is 6.54 Å². The maximum Gasteiger partial charge on any atom is 0.419 e. The number of benzene rings is 1. The average molecular weight is 302 g/mol. The molecule has 1 heterocycles. The van der Waals surface area contributed by atoms with Gasteiger partial charge in [0.1, 0.15) is 5.82 Å². The number of halogens is 4. The molecular weight excluding hydrogens is 288 g/mol. The Hall–Kier alpha value is -1.89. The second-order valence-electron chi connectivity index (χ2n) is 4.51. The molecule has 0 radical (unpaired) electrons. The molecule has 0 saturated carbocycles. The molecule has 1 aromatic heterocycles.